The summed E-state index contributed by atoms with van der Waals surface area (Å²) < 4.78 is 0. The molecule has 0 bridgehead atoms. The Bertz CT molecular complexity index is 702. The molecule has 1 unspecified atom stereocenters. The maximum Gasteiger partial charge on any atom is 0.355 e. The topological polar surface area (TPSA) is 105 Å². The highest BCUT2D eigenvalue weighted by atomic mass is 35.5. The molecule has 0 spiro atoms. The molecular weight excluding hydrogens is 314 g/mol. The standard InChI is InChI=1S/C13H12ClN3O3S/c1-6(12-17-10(5-21-12)13(19)20)16-9-3-2-7(11(15)18)4-8(9)14/h2-6,16H,1H3,(H2,15,18)(H,19,20). The Morgan fingerprint density at radius 2 is 2.19 bits per heavy atom. The van der Waals surface area contributed by atoms with Crippen LogP contribution in [0.5, 0.6) is 0 Å². The van der Waals surface area contributed by atoms with Gasteiger partial charge in [0.25, 0.3) is 0 Å². The summed E-state index contributed by atoms with van der Waals surface area (Å²) >= 11 is 7.33. The summed E-state index contributed by atoms with van der Waals surface area (Å²) in [4.78, 5) is 25.9. The van der Waals surface area contributed by atoms with Crippen LogP contribution >= 0.6 is 22.9 Å². The molecule has 6 nitrogen and oxygen atoms in total. The molecule has 0 radical (unpaired) electrons. The molecular formula is C13H12ClN3O3S. The van der Waals surface area contributed by atoms with Crippen molar-refractivity contribution in [2.24, 2.45) is 5.73 Å². The van der Waals surface area contributed by atoms with Crippen molar-refractivity contribution in [3.05, 3.63) is 44.9 Å². The van der Waals surface area contributed by atoms with Crippen LogP contribution in [0.3, 0.4) is 0 Å². The summed E-state index contributed by atoms with van der Waals surface area (Å²) in [6, 6.07) is 4.46. The first-order valence-electron chi connectivity index (χ1n) is 5.93. The average molecular weight is 326 g/mol. The number of hydrogen-bond acceptors (Lipinski definition) is 5. The van der Waals surface area contributed by atoms with Crippen molar-refractivity contribution in [1.82, 2.24) is 4.98 Å². The second kappa shape index (κ2) is 6.11. The molecule has 110 valence electrons. The number of thiazole rings is 1. The first-order valence-corrected chi connectivity index (χ1v) is 7.19. The number of benzene rings is 1. The number of primary amides is 1. The molecule has 0 aliphatic carbocycles. The SMILES string of the molecule is CC(Nc1ccc(C(N)=O)cc1Cl)c1nc(C(=O)O)cs1. The lowest BCUT2D eigenvalue weighted by Crippen LogP contribution is -2.12. The van der Waals surface area contributed by atoms with Gasteiger partial charge in [0, 0.05) is 10.9 Å². The third-order valence-corrected chi connectivity index (χ3v) is 4.08. The van der Waals surface area contributed by atoms with Gasteiger partial charge in [-0.15, -0.1) is 11.3 Å². The van der Waals surface area contributed by atoms with E-state index in [2.05, 4.69) is 10.3 Å². The zero-order valence-corrected chi connectivity index (χ0v) is 12.5. The molecule has 2 rings (SSSR count). The molecule has 4 N–H and O–H groups in total. The molecule has 0 aliphatic heterocycles. The van der Waals surface area contributed by atoms with Crippen molar-refractivity contribution in [3.63, 3.8) is 0 Å². The molecule has 0 fully saturated rings. The van der Waals surface area contributed by atoms with Crippen LogP contribution in [0.4, 0.5) is 5.69 Å². The molecule has 1 heterocycles. The molecule has 1 amide bonds. The highest BCUT2D eigenvalue weighted by Crippen LogP contribution is 2.28. The van der Waals surface area contributed by atoms with Crippen LogP contribution in [-0.2, 0) is 0 Å². The number of anilines is 1. The lowest BCUT2D eigenvalue weighted by atomic mass is 10.2. The summed E-state index contributed by atoms with van der Waals surface area (Å²) in [6.45, 7) is 1.84. The zero-order chi connectivity index (χ0) is 15.6. The van der Waals surface area contributed by atoms with Gasteiger partial charge in [-0.1, -0.05) is 11.6 Å². The van der Waals surface area contributed by atoms with E-state index < -0.39 is 11.9 Å². The van der Waals surface area contributed by atoms with E-state index in [0.717, 1.165) is 0 Å². The quantitative estimate of drug-likeness (QED) is 0.783. The first-order chi connectivity index (χ1) is 9.88. The van der Waals surface area contributed by atoms with Gasteiger partial charge in [-0.05, 0) is 25.1 Å². The second-order valence-corrected chi connectivity index (χ2v) is 5.60. The summed E-state index contributed by atoms with van der Waals surface area (Å²) in [5.41, 5.74) is 6.12. The fourth-order valence-corrected chi connectivity index (χ4v) is 2.70. The largest absolute Gasteiger partial charge is 0.476 e. The molecule has 21 heavy (non-hydrogen) atoms. The second-order valence-electron chi connectivity index (χ2n) is 4.30. The molecule has 2 aromatic rings. The van der Waals surface area contributed by atoms with Crippen molar-refractivity contribution in [1.29, 1.82) is 0 Å². The minimum atomic E-state index is -1.06. The maximum absolute atomic E-state index is 11.1. The number of nitrogens with one attached hydrogen (secondary N) is 1. The monoisotopic (exact) mass is 325 g/mol. The minimum Gasteiger partial charge on any atom is -0.476 e. The van der Waals surface area contributed by atoms with E-state index in [1.165, 1.54) is 22.8 Å². The van der Waals surface area contributed by atoms with E-state index in [1.807, 2.05) is 6.92 Å². The predicted octanol–water partition coefficient (Wildman–Crippen LogP) is 2.77. The number of rotatable bonds is 5. The lowest BCUT2D eigenvalue weighted by Gasteiger charge is -2.14. The number of carboxylic acid groups (broad SMARTS) is 1. The van der Waals surface area contributed by atoms with E-state index in [0.29, 0.717) is 21.3 Å². The predicted molar refractivity (Wildman–Crippen MR) is 81.1 cm³/mol. The Kier molecular flexibility index (Phi) is 4.44. The molecule has 1 aromatic heterocycles. The zero-order valence-electron chi connectivity index (χ0n) is 11.0. The number of nitrogens with zero attached hydrogens (tertiary/aromatic N) is 1. The van der Waals surface area contributed by atoms with Gasteiger partial charge in [0.2, 0.25) is 5.91 Å². The number of carbonyl (C=O) groups excluding carboxylic acids is 1. The van der Waals surface area contributed by atoms with Crippen LogP contribution in [0.2, 0.25) is 5.02 Å². The van der Waals surface area contributed by atoms with Gasteiger partial charge >= 0.3 is 5.97 Å². The van der Waals surface area contributed by atoms with Gasteiger partial charge in [-0.2, -0.15) is 0 Å². The summed E-state index contributed by atoms with van der Waals surface area (Å²) in [6.07, 6.45) is 0. The Labute approximate surface area is 129 Å². The number of nitrogens with two attached hydrogens (primary N) is 1. The Hall–Kier alpha value is -2.12. The van der Waals surface area contributed by atoms with Gasteiger partial charge in [0.15, 0.2) is 5.69 Å². The van der Waals surface area contributed by atoms with E-state index in [1.54, 1.807) is 12.1 Å². The van der Waals surface area contributed by atoms with Crippen molar-refractivity contribution in [2.45, 2.75) is 13.0 Å². The van der Waals surface area contributed by atoms with E-state index >= 15 is 0 Å². The van der Waals surface area contributed by atoms with Crippen molar-refractivity contribution in [2.75, 3.05) is 5.32 Å². The Morgan fingerprint density at radius 3 is 2.71 bits per heavy atom. The number of amides is 1. The van der Waals surface area contributed by atoms with E-state index in [-0.39, 0.29) is 11.7 Å². The fraction of sp³-hybridized carbons (Fsp3) is 0.154. The van der Waals surface area contributed by atoms with Gasteiger partial charge < -0.3 is 16.2 Å². The van der Waals surface area contributed by atoms with Crippen LogP contribution in [0, 0.1) is 0 Å². The van der Waals surface area contributed by atoms with E-state index in [4.69, 9.17) is 22.4 Å². The summed E-state index contributed by atoms with van der Waals surface area (Å²) in [7, 11) is 0. The van der Waals surface area contributed by atoms with Gasteiger partial charge in [-0.3, -0.25) is 4.79 Å². The van der Waals surface area contributed by atoms with Crippen molar-refractivity contribution < 1.29 is 14.7 Å². The minimum absolute atomic E-state index is 0.0128. The van der Waals surface area contributed by atoms with E-state index in [9.17, 15) is 9.59 Å². The number of hydrogen-bond donors (Lipinski definition) is 3. The number of carboxylic acids is 1. The molecule has 8 heteroatoms. The third-order valence-electron chi connectivity index (χ3n) is 2.74. The molecule has 0 saturated carbocycles. The number of carbonyl (C=O) groups is 2. The third kappa shape index (κ3) is 3.50. The molecule has 0 saturated heterocycles. The molecule has 1 atom stereocenters. The fourth-order valence-electron chi connectivity index (χ4n) is 1.67. The van der Waals surface area contributed by atoms with Crippen LogP contribution in [0.15, 0.2) is 23.6 Å². The molecule has 0 aliphatic rings. The van der Waals surface area contributed by atoms with Gasteiger partial charge in [0.05, 0.1) is 16.8 Å². The smallest absolute Gasteiger partial charge is 0.355 e. The molecule has 1 aromatic carbocycles. The highest BCUT2D eigenvalue weighted by molar-refractivity contribution is 7.09. The normalized spacial score (nSPS) is 11.9. The van der Waals surface area contributed by atoms with Crippen LogP contribution < -0.4 is 11.1 Å². The summed E-state index contributed by atoms with van der Waals surface area (Å²) in [5.74, 6) is -1.61. The first kappa shape index (κ1) is 15.3. The maximum atomic E-state index is 11.1. The highest BCUT2D eigenvalue weighted by Gasteiger charge is 2.15. The van der Waals surface area contributed by atoms with Gasteiger partial charge in [0.1, 0.15) is 5.01 Å². The lowest BCUT2D eigenvalue weighted by molar-refractivity contribution is 0.0691. The Balaban J connectivity index is 2.17. The van der Waals surface area contributed by atoms with Crippen LogP contribution in [0.1, 0.15) is 38.8 Å². The van der Waals surface area contributed by atoms with Crippen molar-refractivity contribution >= 4 is 40.5 Å². The Morgan fingerprint density at radius 1 is 1.48 bits per heavy atom. The number of aromatic carboxylic acids is 1. The number of aromatic nitrogens is 1. The average Bonchev–Trinajstić information content (AvgIpc) is 2.90. The summed E-state index contributed by atoms with van der Waals surface area (Å²) in [5, 5.41) is 14.4. The number of halogens is 1. The van der Waals surface area contributed by atoms with Crippen LogP contribution in [0.25, 0.3) is 0 Å². The van der Waals surface area contributed by atoms with Crippen molar-refractivity contribution in [3.8, 4) is 0 Å². The van der Waals surface area contributed by atoms with Crippen LogP contribution in [-0.4, -0.2) is 22.0 Å². The van der Waals surface area contributed by atoms with Gasteiger partial charge in [-0.25, -0.2) is 9.78 Å².